The lowest BCUT2D eigenvalue weighted by atomic mass is 10.1. The zero-order valence-electron chi connectivity index (χ0n) is 10.6. The molecule has 0 saturated heterocycles. The third kappa shape index (κ3) is 2.51. The molecule has 1 aromatic heterocycles. The Balaban J connectivity index is 2.34. The van der Waals surface area contributed by atoms with Gasteiger partial charge in [0.15, 0.2) is 0 Å². The molecule has 0 aliphatic rings. The van der Waals surface area contributed by atoms with Crippen molar-refractivity contribution in [2.75, 3.05) is 6.54 Å². The first kappa shape index (κ1) is 13.0. The molecule has 2 N–H and O–H groups in total. The lowest BCUT2D eigenvalue weighted by Crippen LogP contribution is -2.24. The van der Waals surface area contributed by atoms with E-state index < -0.39 is 0 Å². The van der Waals surface area contributed by atoms with Gasteiger partial charge in [0.05, 0.1) is 5.56 Å². The lowest BCUT2D eigenvalue weighted by Gasteiger charge is -2.04. The molecule has 0 bridgehead atoms. The molecule has 2 aromatic rings. The maximum absolute atomic E-state index is 12.2. The van der Waals surface area contributed by atoms with Crippen molar-refractivity contribution in [3.63, 3.8) is 0 Å². The molecule has 2 rings (SSSR count). The first-order chi connectivity index (χ1) is 8.63. The fourth-order valence-corrected chi connectivity index (χ4v) is 2.23. The Morgan fingerprint density at radius 2 is 2.22 bits per heavy atom. The van der Waals surface area contributed by atoms with Crippen molar-refractivity contribution in [3.8, 4) is 0 Å². The maximum Gasteiger partial charge on any atom is 0.253 e. The fraction of sp³-hybridized carbons (Fsp3) is 0.357. The number of aromatic amines is 1. The number of aryl methyl sites for hydroxylation is 1. The van der Waals surface area contributed by atoms with Gasteiger partial charge in [-0.2, -0.15) is 0 Å². The molecule has 1 aromatic carbocycles. The van der Waals surface area contributed by atoms with Gasteiger partial charge in [-0.3, -0.25) is 4.79 Å². The van der Waals surface area contributed by atoms with Crippen LogP contribution >= 0.6 is 11.6 Å². The summed E-state index contributed by atoms with van der Waals surface area (Å²) >= 11 is 5.99. The van der Waals surface area contributed by atoms with Gasteiger partial charge in [-0.05, 0) is 31.5 Å². The molecule has 0 atom stereocenters. The smallest absolute Gasteiger partial charge is 0.253 e. The van der Waals surface area contributed by atoms with Crippen LogP contribution in [0.3, 0.4) is 0 Å². The van der Waals surface area contributed by atoms with Crippen LogP contribution in [0.5, 0.6) is 0 Å². The Labute approximate surface area is 112 Å². The summed E-state index contributed by atoms with van der Waals surface area (Å²) in [4.78, 5) is 15.4. The van der Waals surface area contributed by atoms with E-state index in [9.17, 15) is 4.79 Å². The number of hydrogen-bond donors (Lipinski definition) is 2. The predicted octanol–water partition coefficient (Wildman–Crippen LogP) is 3.66. The quantitative estimate of drug-likeness (QED) is 0.814. The van der Waals surface area contributed by atoms with Gasteiger partial charge in [-0.15, -0.1) is 0 Å². The summed E-state index contributed by atoms with van der Waals surface area (Å²) in [7, 11) is 0. The number of amides is 1. The predicted molar refractivity (Wildman–Crippen MR) is 75.3 cm³/mol. The molecule has 0 aliphatic carbocycles. The molecule has 1 amide bonds. The Bertz CT molecular complexity index is 574. The Hall–Kier alpha value is -1.48. The number of nitrogens with one attached hydrogen (secondary N) is 2. The van der Waals surface area contributed by atoms with Crippen molar-refractivity contribution in [1.82, 2.24) is 10.3 Å². The van der Waals surface area contributed by atoms with Gasteiger partial charge in [-0.25, -0.2) is 0 Å². The molecule has 1 heterocycles. The molecular formula is C14H17ClN2O. The minimum Gasteiger partial charge on any atom is -0.358 e. The number of rotatable bonds is 4. The second kappa shape index (κ2) is 5.44. The van der Waals surface area contributed by atoms with E-state index in [4.69, 9.17) is 11.6 Å². The second-order valence-corrected chi connectivity index (χ2v) is 4.86. The van der Waals surface area contributed by atoms with Crippen molar-refractivity contribution < 1.29 is 4.79 Å². The topological polar surface area (TPSA) is 44.9 Å². The molecule has 0 fully saturated rings. The highest BCUT2D eigenvalue weighted by molar-refractivity contribution is 6.31. The first-order valence-corrected chi connectivity index (χ1v) is 6.57. The normalized spacial score (nSPS) is 10.8. The van der Waals surface area contributed by atoms with E-state index in [1.54, 1.807) is 0 Å². The molecule has 4 heteroatoms. The van der Waals surface area contributed by atoms with E-state index >= 15 is 0 Å². The van der Waals surface area contributed by atoms with Crippen LogP contribution in [0.1, 0.15) is 35.8 Å². The molecule has 0 saturated carbocycles. The second-order valence-electron chi connectivity index (χ2n) is 4.42. The zero-order valence-corrected chi connectivity index (χ0v) is 11.4. The molecule has 0 radical (unpaired) electrons. The van der Waals surface area contributed by atoms with Gasteiger partial charge in [-0.1, -0.05) is 24.9 Å². The fourth-order valence-electron chi connectivity index (χ4n) is 2.06. The number of benzene rings is 1. The summed E-state index contributed by atoms with van der Waals surface area (Å²) < 4.78 is 0. The third-order valence-electron chi connectivity index (χ3n) is 2.99. The highest BCUT2D eigenvalue weighted by Crippen LogP contribution is 2.25. The number of unbranched alkanes of at least 4 members (excludes halogenated alkanes) is 1. The largest absolute Gasteiger partial charge is 0.358 e. The zero-order chi connectivity index (χ0) is 13.1. The van der Waals surface area contributed by atoms with E-state index in [1.807, 2.05) is 25.1 Å². The average molecular weight is 265 g/mol. The van der Waals surface area contributed by atoms with Gasteiger partial charge in [0.25, 0.3) is 5.91 Å². The van der Waals surface area contributed by atoms with E-state index in [0.717, 1.165) is 29.4 Å². The van der Waals surface area contributed by atoms with Crippen molar-refractivity contribution in [2.24, 2.45) is 0 Å². The molecule has 0 spiro atoms. The highest BCUT2D eigenvalue weighted by atomic mass is 35.5. The van der Waals surface area contributed by atoms with Crippen LogP contribution in [0.25, 0.3) is 10.9 Å². The van der Waals surface area contributed by atoms with Gasteiger partial charge in [0.1, 0.15) is 0 Å². The molecule has 0 unspecified atom stereocenters. The van der Waals surface area contributed by atoms with Crippen LogP contribution < -0.4 is 5.32 Å². The summed E-state index contributed by atoms with van der Waals surface area (Å²) in [6.45, 7) is 4.72. The van der Waals surface area contributed by atoms with Crippen LogP contribution in [-0.2, 0) is 0 Å². The first-order valence-electron chi connectivity index (χ1n) is 6.19. The van der Waals surface area contributed by atoms with Crippen LogP contribution in [0.15, 0.2) is 18.2 Å². The minimum atomic E-state index is -0.0329. The van der Waals surface area contributed by atoms with Crippen LogP contribution in [0.4, 0.5) is 0 Å². The highest BCUT2D eigenvalue weighted by Gasteiger charge is 2.15. The minimum absolute atomic E-state index is 0.0329. The summed E-state index contributed by atoms with van der Waals surface area (Å²) in [5.41, 5.74) is 2.52. The van der Waals surface area contributed by atoms with Crippen LogP contribution in [0, 0.1) is 6.92 Å². The standard InChI is InChI=1S/C14H17ClN2O/c1-3-4-7-16-14(18)13-9(2)17-12-6-5-10(15)8-11(12)13/h5-6,8,17H,3-4,7H2,1-2H3,(H,16,18). The third-order valence-corrected chi connectivity index (χ3v) is 3.23. The SMILES string of the molecule is CCCCNC(=O)c1c(C)[nH]c2ccc(Cl)cc12. The maximum atomic E-state index is 12.2. The number of carbonyl (C=O) groups excluding carboxylic acids is 1. The molecule has 3 nitrogen and oxygen atoms in total. The van der Waals surface area contributed by atoms with E-state index in [2.05, 4.69) is 17.2 Å². The van der Waals surface area contributed by atoms with Crippen LogP contribution in [0.2, 0.25) is 5.02 Å². The van der Waals surface area contributed by atoms with Crippen molar-refractivity contribution in [3.05, 3.63) is 34.5 Å². The molecule has 18 heavy (non-hydrogen) atoms. The van der Waals surface area contributed by atoms with Gasteiger partial charge in [0.2, 0.25) is 0 Å². The summed E-state index contributed by atoms with van der Waals surface area (Å²) in [6, 6.07) is 5.54. The van der Waals surface area contributed by atoms with Gasteiger partial charge >= 0.3 is 0 Å². The van der Waals surface area contributed by atoms with E-state index in [0.29, 0.717) is 17.1 Å². The van der Waals surface area contributed by atoms with Gasteiger partial charge < -0.3 is 10.3 Å². The van der Waals surface area contributed by atoms with E-state index in [1.165, 1.54) is 0 Å². The van der Waals surface area contributed by atoms with E-state index in [-0.39, 0.29) is 5.91 Å². The number of hydrogen-bond acceptors (Lipinski definition) is 1. The Morgan fingerprint density at radius 3 is 2.94 bits per heavy atom. The lowest BCUT2D eigenvalue weighted by molar-refractivity contribution is 0.0954. The van der Waals surface area contributed by atoms with Gasteiger partial charge in [0, 0.05) is 28.2 Å². The van der Waals surface area contributed by atoms with Crippen LogP contribution in [-0.4, -0.2) is 17.4 Å². The molecule has 96 valence electrons. The summed E-state index contributed by atoms with van der Waals surface area (Å²) in [5.74, 6) is -0.0329. The molecular weight excluding hydrogens is 248 g/mol. The summed E-state index contributed by atoms with van der Waals surface area (Å²) in [5, 5.41) is 4.46. The number of H-pyrrole nitrogens is 1. The monoisotopic (exact) mass is 264 g/mol. The number of fused-ring (bicyclic) bond motifs is 1. The number of aromatic nitrogens is 1. The van der Waals surface area contributed by atoms with Crippen molar-refractivity contribution >= 4 is 28.4 Å². The summed E-state index contributed by atoms with van der Waals surface area (Å²) in [6.07, 6.45) is 2.06. The molecule has 0 aliphatic heterocycles. The number of halogens is 1. The Kier molecular flexibility index (Phi) is 3.92. The Morgan fingerprint density at radius 1 is 1.44 bits per heavy atom. The average Bonchev–Trinajstić information content (AvgIpc) is 2.64. The number of carbonyl (C=O) groups is 1. The van der Waals surface area contributed by atoms with Crippen molar-refractivity contribution in [1.29, 1.82) is 0 Å². The van der Waals surface area contributed by atoms with Crippen molar-refractivity contribution in [2.45, 2.75) is 26.7 Å².